The van der Waals surface area contributed by atoms with E-state index in [0.29, 0.717) is 22.2 Å². The number of rotatable bonds is 7. The zero-order valence-corrected chi connectivity index (χ0v) is 17.4. The highest BCUT2D eigenvalue weighted by molar-refractivity contribution is 6.30. The monoisotopic (exact) mass is 420 g/mol. The van der Waals surface area contributed by atoms with E-state index in [1.165, 1.54) is 0 Å². The Labute approximate surface area is 179 Å². The largest absolute Gasteiger partial charge is 0.497 e. The quantitative estimate of drug-likeness (QED) is 0.359. The summed E-state index contributed by atoms with van der Waals surface area (Å²) >= 11 is 5.95. The third-order valence-electron chi connectivity index (χ3n) is 4.98. The highest BCUT2D eigenvalue weighted by Gasteiger charge is 2.19. The van der Waals surface area contributed by atoms with E-state index in [1.54, 1.807) is 31.4 Å². The molecule has 0 spiro atoms. The van der Waals surface area contributed by atoms with Gasteiger partial charge in [0.25, 0.3) is 0 Å². The second-order valence-electron chi connectivity index (χ2n) is 7.13. The number of nitrogens with one attached hydrogen (secondary N) is 1. The van der Waals surface area contributed by atoms with Crippen molar-refractivity contribution in [2.75, 3.05) is 12.4 Å². The Balaban J connectivity index is 1.66. The van der Waals surface area contributed by atoms with Crippen LogP contribution < -0.4 is 10.1 Å². The molecule has 152 valence electrons. The van der Waals surface area contributed by atoms with Crippen LogP contribution in [0.1, 0.15) is 34.1 Å². The number of fused-ring (bicyclic) bond motifs is 1. The molecule has 1 aromatic heterocycles. The molecule has 1 unspecified atom stereocenters. The fourth-order valence-corrected chi connectivity index (χ4v) is 3.52. The van der Waals surface area contributed by atoms with E-state index in [1.807, 2.05) is 43.3 Å². The van der Waals surface area contributed by atoms with Crippen molar-refractivity contribution in [3.8, 4) is 5.75 Å². The molecule has 6 heteroatoms. The van der Waals surface area contributed by atoms with Crippen LogP contribution in [0.2, 0.25) is 5.02 Å². The molecular weight excluding hydrogens is 400 g/mol. The molecule has 0 amide bonds. The molecule has 1 N–H and O–H groups in total. The summed E-state index contributed by atoms with van der Waals surface area (Å²) in [6.07, 6.45) is 0.259. The predicted octanol–water partition coefficient (Wildman–Crippen LogP) is 6.22. The number of aromatic nitrogens is 1. The minimum absolute atomic E-state index is 0.0132. The molecule has 0 aliphatic carbocycles. The van der Waals surface area contributed by atoms with E-state index in [4.69, 9.17) is 20.9 Å². The molecule has 0 aliphatic rings. The van der Waals surface area contributed by atoms with Crippen molar-refractivity contribution in [1.29, 1.82) is 0 Å². The number of hydrogen-bond donors (Lipinski definition) is 1. The number of carbonyl (C=O) groups is 1. The maximum atomic E-state index is 12.9. The maximum absolute atomic E-state index is 12.9. The second kappa shape index (κ2) is 8.59. The van der Waals surface area contributed by atoms with Crippen LogP contribution in [0.4, 0.5) is 5.82 Å². The Morgan fingerprint density at radius 2 is 1.80 bits per heavy atom. The molecular formula is C24H21ClN2O3. The summed E-state index contributed by atoms with van der Waals surface area (Å²) in [6.45, 7) is 1.83. The molecule has 4 aromatic rings. The lowest BCUT2D eigenvalue weighted by Gasteiger charge is -2.19. The first-order chi connectivity index (χ1) is 14.5. The molecule has 0 radical (unpaired) electrons. The van der Waals surface area contributed by atoms with Crippen molar-refractivity contribution in [1.82, 2.24) is 5.16 Å². The van der Waals surface area contributed by atoms with Crippen LogP contribution in [0, 0.1) is 6.92 Å². The van der Waals surface area contributed by atoms with Crippen LogP contribution in [0.25, 0.3) is 10.8 Å². The van der Waals surface area contributed by atoms with Crippen LogP contribution in [-0.2, 0) is 0 Å². The highest BCUT2D eigenvalue weighted by atomic mass is 35.5. The smallest absolute Gasteiger partial charge is 0.170 e. The number of anilines is 1. The maximum Gasteiger partial charge on any atom is 0.170 e. The fourth-order valence-electron chi connectivity index (χ4n) is 3.39. The van der Waals surface area contributed by atoms with Gasteiger partial charge in [-0.05, 0) is 65.7 Å². The first-order valence-electron chi connectivity index (χ1n) is 9.58. The topological polar surface area (TPSA) is 64.4 Å². The van der Waals surface area contributed by atoms with E-state index in [2.05, 4.69) is 16.5 Å². The van der Waals surface area contributed by atoms with Gasteiger partial charge in [-0.15, -0.1) is 0 Å². The molecule has 0 bridgehead atoms. The van der Waals surface area contributed by atoms with Gasteiger partial charge in [0.05, 0.1) is 13.2 Å². The number of benzene rings is 3. The van der Waals surface area contributed by atoms with Crippen molar-refractivity contribution in [3.63, 3.8) is 0 Å². The average Bonchev–Trinajstić information content (AvgIpc) is 3.17. The van der Waals surface area contributed by atoms with Gasteiger partial charge in [-0.25, -0.2) is 0 Å². The number of carbonyl (C=O) groups excluding carboxylic acids is 1. The number of nitrogens with zero attached hydrogens (tertiary/aromatic N) is 1. The van der Waals surface area contributed by atoms with E-state index in [0.717, 1.165) is 22.1 Å². The molecule has 0 aliphatic heterocycles. The Morgan fingerprint density at radius 3 is 2.50 bits per heavy atom. The number of aryl methyl sites for hydroxylation is 1. The number of hydrogen-bond acceptors (Lipinski definition) is 5. The normalized spacial score (nSPS) is 12.0. The van der Waals surface area contributed by atoms with Crippen molar-refractivity contribution in [2.24, 2.45) is 0 Å². The van der Waals surface area contributed by atoms with Crippen LogP contribution in [0.5, 0.6) is 5.75 Å². The van der Waals surface area contributed by atoms with Gasteiger partial charge in [0.15, 0.2) is 11.6 Å². The summed E-state index contributed by atoms with van der Waals surface area (Å²) in [4.78, 5) is 12.9. The minimum Gasteiger partial charge on any atom is -0.497 e. The van der Waals surface area contributed by atoms with Gasteiger partial charge in [0, 0.05) is 23.1 Å². The molecule has 3 aromatic carbocycles. The van der Waals surface area contributed by atoms with E-state index in [-0.39, 0.29) is 18.2 Å². The summed E-state index contributed by atoms with van der Waals surface area (Å²) in [7, 11) is 1.65. The van der Waals surface area contributed by atoms with Crippen molar-refractivity contribution < 1.29 is 14.1 Å². The molecule has 1 heterocycles. The summed E-state index contributed by atoms with van der Waals surface area (Å²) < 4.78 is 10.5. The van der Waals surface area contributed by atoms with Crippen molar-refractivity contribution >= 4 is 34.0 Å². The van der Waals surface area contributed by atoms with Crippen LogP contribution >= 0.6 is 11.6 Å². The Kier molecular flexibility index (Phi) is 5.72. The molecule has 0 saturated heterocycles. The van der Waals surface area contributed by atoms with Gasteiger partial charge >= 0.3 is 0 Å². The number of Topliss-reactive ketones (excluding diaryl/α,β-unsaturated/α-hetero) is 1. The molecule has 4 rings (SSSR count). The van der Waals surface area contributed by atoms with Gasteiger partial charge < -0.3 is 14.6 Å². The van der Waals surface area contributed by atoms with Gasteiger partial charge in [-0.3, -0.25) is 4.79 Å². The van der Waals surface area contributed by atoms with E-state index < -0.39 is 0 Å². The minimum atomic E-state index is -0.274. The molecule has 30 heavy (non-hydrogen) atoms. The van der Waals surface area contributed by atoms with Gasteiger partial charge in [0.2, 0.25) is 0 Å². The Bertz CT molecular complexity index is 1180. The van der Waals surface area contributed by atoms with Crippen LogP contribution in [-0.4, -0.2) is 18.0 Å². The van der Waals surface area contributed by atoms with Crippen molar-refractivity contribution in [2.45, 2.75) is 19.4 Å². The van der Waals surface area contributed by atoms with Gasteiger partial charge in [-0.2, -0.15) is 0 Å². The third kappa shape index (κ3) is 4.47. The number of ether oxygens (including phenoxy) is 1. The second-order valence-corrected chi connectivity index (χ2v) is 7.56. The van der Waals surface area contributed by atoms with Crippen LogP contribution in [0.15, 0.2) is 71.3 Å². The molecule has 5 nitrogen and oxygen atoms in total. The summed E-state index contributed by atoms with van der Waals surface area (Å²) in [6, 6.07) is 20.5. The standard InChI is InChI=1S/C24H21ClN2O3/c1-15-11-24(27-30-15)26-22(14-23(28)16-5-8-20(25)9-6-16)19-4-3-18-13-21(29-2)10-7-17(18)12-19/h3-13,22H,14H2,1-2H3,(H,26,27). The third-order valence-corrected chi connectivity index (χ3v) is 5.23. The lowest BCUT2D eigenvalue weighted by Crippen LogP contribution is -2.16. The van der Waals surface area contributed by atoms with E-state index >= 15 is 0 Å². The molecule has 0 saturated carbocycles. The highest BCUT2D eigenvalue weighted by Crippen LogP contribution is 2.29. The van der Waals surface area contributed by atoms with Crippen LogP contribution in [0.3, 0.4) is 0 Å². The zero-order chi connectivity index (χ0) is 21.1. The molecule has 0 fully saturated rings. The summed E-state index contributed by atoms with van der Waals surface area (Å²) in [5.74, 6) is 2.11. The lowest BCUT2D eigenvalue weighted by atomic mass is 9.95. The first-order valence-corrected chi connectivity index (χ1v) is 9.96. The number of ketones is 1. The van der Waals surface area contributed by atoms with Gasteiger partial charge in [0.1, 0.15) is 11.5 Å². The fraction of sp³-hybridized carbons (Fsp3) is 0.167. The average molecular weight is 421 g/mol. The first kappa shape index (κ1) is 20.0. The lowest BCUT2D eigenvalue weighted by molar-refractivity contribution is 0.0976. The SMILES string of the molecule is COc1ccc2cc(C(CC(=O)c3ccc(Cl)cc3)Nc3cc(C)on3)ccc2c1. The van der Waals surface area contributed by atoms with Crippen molar-refractivity contribution in [3.05, 3.63) is 88.6 Å². The predicted molar refractivity (Wildman–Crippen MR) is 119 cm³/mol. The summed E-state index contributed by atoms with van der Waals surface area (Å²) in [5.41, 5.74) is 1.60. The zero-order valence-electron chi connectivity index (χ0n) is 16.7. The van der Waals surface area contributed by atoms with Gasteiger partial charge in [-0.1, -0.05) is 35.0 Å². The Morgan fingerprint density at radius 1 is 1.07 bits per heavy atom. The number of halogens is 1. The Hall–Kier alpha value is -3.31. The summed E-state index contributed by atoms with van der Waals surface area (Å²) in [5, 5.41) is 10.1. The molecule has 1 atom stereocenters. The number of methoxy groups -OCH3 is 1. The van der Waals surface area contributed by atoms with E-state index in [9.17, 15) is 4.79 Å².